The SMILES string of the molecule is CCS(=O)c1cc(C2(C(=O)O)C=CCC(C)(C(=O)O)C2)c(C)cc1C. The lowest BCUT2D eigenvalue weighted by molar-refractivity contribution is -0.152. The minimum absolute atomic E-state index is 0.0384. The Morgan fingerprint density at radius 1 is 1.16 bits per heavy atom. The number of hydrogen-bond acceptors (Lipinski definition) is 3. The Labute approximate surface area is 150 Å². The van der Waals surface area contributed by atoms with Gasteiger partial charge in [-0.05, 0) is 56.4 Å². The summed E-state index contributed by atoms with van der Waals surface area (Å²) in [5, 5.41) is 19.6. The molecule has 1 aliphatic rings. The van der Waals surface area contributed by atoms with Crippen LogP contribution >= 0.6 is 0 Å². The Morgan fingerprint density at radius 2 is 1.80 bits per heavy atom. The number of aliphatic carboxylic acids is 2. The molecule has 25 heavy (non-hydrogen) atoms. The normalized spacial score (nSPS) is 27.0. The Kier molecular flexibility index (Phi) is 5.23. The second-order valence-corrected chi connectivity index (χ2v) is 8.70. The van der Waals surface area contributed by atoms with Gasteiger partial charge in [-0.25, -0.2) is 0 Å². The summed E-state index contributed by atoms with van der Waals surface area (Å²) >= 11 is 0. The number of aryl methyl sites for hydroxylation is 2. The third kappa shape index (κ3) is 3.27. The van der Waals surface area contributed by atoms with E-state index in [9.17, 15) is 24.0 Å². The second-order valence-electron chi connectivity index (χ2n) is 6.99. The minimum atomic E-state index is -1.43. The van der Waals surface area contributed by atoms with Crippen LogP contribution in [0.5, 0.6) is 0 Å². The van der Waals surface area contributed by atoms with E-state index in [1.165, 1.54) is 0 Å². The zero-order valence-electron chi connectivity index (χ0n) is 15.0. The van der Waals surface area contributed by atoms with E-state index in [0.29, 0.717) is 16.2 Å². The van der Waals surface area contributed by atoms with Crippen molar-refractivity contribution in [2.24, 2.45) is 5.41 Å². The van der Waals surface area contributed by atoms with Gasteiger partial charge in [0, 0.05) is 10.6 Å². The van der Waals surface area contributed by atoms with Crippen LogP contribution in [-0.4, -0.2) is 32.1 Å². The summed E-state index contributed by atoms with van der Waals surface area (Å²) < 4.78 is 12.3. The molecule has 0 radical (unpaired) electrons. The fourth-order valence-corrected chi connectivity index (χ4v) is 4.57. The zero-order valence-corrected chi connectivity index (χ0v) is 15.8. The molecule has 2 rings (SSSR count). The molecule has 3 unspecified atom stereocenters. The first-order valence-electron chi connectivity index (χ1n) is 8.22. The zero-order chi connectivity index (χ0) is 19.0. The van der Waals surface area contributed by atoms with Crippen molar-refractivity contribution in [3.63, 3.8) is 0 Å². The van der Waals surface area contributed by atoms with E-state index in [1.807, 2.05) is 26.8 Å². The van der Waals surface area contributed by atoms with Crippen LogP contribution in [0, 0.1) is 19.3 Å². The summed E-state index contributed by atoms with van der Waals surface area (Å²) in [6.45, 7) is 7.05. The molecule has 1 aromatic carbocycles. The first-order valence-corrected chi connectivity index (χ1v) is 9.54. The van der Waals surface area contributed by atoms with E-state index in [4.69, 9.17) is 0 Å². The van der Waals surface area contributed by atoms with Crippen molar-refractivity contribution in [2.75, 3.05) is 5.75 Å². The Balaban J connectivity index is 2.72. The molecule has 0 aliphatic heterocycles. The van der Waals surface area contributed by atoms with E-state index >= 15 is 0 Å². The summed E-state index contributed by atoms with van der Waals surface area (Å²) in [5.74, 6) is -1.66. The van der Waals surface area contributed by atoms with Gasteiger partial charge in [0.05, 0.1) is 16.2 Å². The van der Waals surface area contributed by atoms with Gasteiger partial charge in [-0.2, -0.15) is 0 Å². The number of benzene rings is 1. The van der Waals surface area contributed by atoms with Gasteiger partial charge in [0.1, 0.15) is 5.41 Å². The number of rotatable bonds is 5. The molecule has 6 heteroatoms. The predicted octanol–water partition coefficient (Wildman–Crippen LogP) is 3.19. The molecule has 136 valence electrons. The summed E-state index contributed by atoms with van der Waals surface area (Å²) in [4.78, 5) is 24.6. The van der Waals surface area contributed by atoms with Crippen LogP contribution in [0.3, 0.4) is 0 Å². The van der Waals surface area contributed by atoms with Crippen molar-refractivity contribution in [3.05, 3.63) is 41.0 Å². The predicted molar refractivity (Wildman–Crippen MR) is 96.3 cm³/mol. The molecular formula is C19H24O5S. The molecule has 0 saturated carbocycles. The molecule has 1 aromatic rings. The fourth-order valence-electron chi connectivity index (χ4n) is 3.59. The maximum absolute atomic E-state index is 12.3. The molecule has 0 amide bonds. The fraction of sp³-hybridized carbons (Fsp3) is 0.474. The third-order valence-electron chi connectivity index (χ3n) is 5.05. The summed E-state index contributed by atoms with van der Waals surface area (Å²) in [6, 6.07) is 3.53. The Morgan fingerprint density at radius 3 is 2.32 bits per heavy atom. The number of allylic oxidation sites excluding steroid dienone is 1. The van der Waals surface area contributed by atoms with E-state index in [0.717, 1.165) is 11.1 Å². The molecular weight excluding hydrogens is 340 g/mol. The standard InChI is InChI=1S/C19H24O5S/c1-5-25(24)15-10-14(12(2)9-13(15)3)19(17(22)23)8-6-7-18(4,11-19)16(20)21/h6,8-10H,5,7,11H2,1-4H3,(H,20,21)(H,22,23). The van der Waals surface area contributed by atoms with E-state index in [2.05, 4.69) is 0 Å². The van der Waals surface area contributed by atoms with E-state index < -0.39 is 33.6 Å². The first-order chi connectivity index (χ1) is 11.6. The highest BCUT2D eigenvalue weighted by Gasteiger charge is 2.50. The van der Waals surface area contributed by atoms with Crippen LogP contribution in [0.1, 0.15) is 43.4 Å². The average Bonchev–Trinajstić information content (AvgIpc) is 2.53. The van der Waals surface area contributed by atoms with Gasteiger partial charge < -0.3 is 10.2 Å². The highest BCUT2D eigenvalue weighted by Crippen LogP contribution is 2.46. The largest absolute Gasteiger partial charge is 0.481 e. The molecule has 0 aromatic heterocycles. The van der Waals surface area contributed by atoms with Crippen molar-refractivity contribution in [3.8, 4) is 0 Å². The van der Waals surface area contributed by atoms with Gasteiger partial charge in [0.15, 0.2) is 0 Å². The number of hydrogen-bond donors (Lipinski definition) is 2. The quantitative estimate of drug-likeness (QED) is 0.783. The molecule has 1 aliphatic carbocycles. The lowest BCUT2D eigenvalue weighted by Gasteiger charge is -2.39. The van der Waals surface area contributed by atoms with Crippen LogP contribution in [0.4, 0.5) is 0 Å². The molecule has 0 heterocycles. The first kappa shape index (κ1) is 19.4. The van der Waals surface area contributed by atoms with Gasteiger partial charge in [0.25, 0.3) is 0 Å². The lowest BCUT2D eigenvalue weighted by atomic mass is 9.63. The highest BCUT2D eigenvalue weighted by atomic mass is 32.2. The van der Waals surface area contributed by atoms with Crippen LogP contribution in [0.2, 0.25) is 0 Å². The van der Waals surface area contributed by atoms with E-state index in [1.54, 1.807) is 25.1 Å². The van der Waals surface area contributed by atoms with E-state index in [-0.39, 0.29) is 12.8 Å². The number of carboxylic acids is 2. The lowest BCUT2D eigenvalue weighted by Crippen LogP contribution is -2.45. The Bertz CT molecular complexity index is 782. The van der Waals surface area contributed by atoms with Crippen molar-refractivity contribution >= 4 is 22.7 Å². The summed E-state index contributed by atoms with van der Waals surface area (Å²) in [5.41, 5.74) is -0.464. The maximum atomic E-state index is 12.3. The maximum Gasteiger partial charge on any atom is 0.318 e. The topological polar surface area (TPSA) is 91.7 Å². The van der Waals surface area contributed by atoms with Crippen molar-refractivity contribution in [1.29, 1.82) is 0 Å². The molecule has 3 atom stereocenters. The van der Waals surface area contributed by atoms with Gasteiger partial charge >= 0.3 is 11.9 Å². The van der Waals surface area contributed by atoms with Gasteiger partial charge in [-0.15, -0.1) is 0 Å². The third-order valence-corrected chi connectivity index (χ3v) is 6.50. The molecule has 2 N–H and O–H groups in total. The molecule has 5 nitrogen and oxygen atoms in total. The minimum Gasteiger partial charge on any atom is -0.481 e. The smallest absolute Gasteiger partial charge is 0.318 e. The van der Waals surface area contributed by atoms with Crippen LogP contribution in [0.25, 0.3) is 0 Å². The molecule has 0 spiro atoms. The van der Waals surface area contributed by atoms with Crippen LogP contribution in [0.15, 0.2) is 29.2 Å². The monoisotopic (exact) mass is 364 g/mol. The molecule has 0 bridgehead atoms. The second kappa shape index (κ2) is 6.75. The summed E-state index contributed by atoms with van der Waals surface area (Å²) in [7, 11) is -1.22. The van der Waals surface area contributed by atoms with Crippen LogP contribution < -0.4 is 0 Å². The average molecular weight is 364 g/mol. The molecule has 0 saturated heterocycles. The van der Waals surface area contributed by atoms with Gasteiger partial charge in [0.2, 0.25) is 0 Å². The van der Waals surface area contributed by atoms with Crippen molar-refractivity contribution in [2.45, 2.75) is 50.8 Å². The van der Waals surface area contributed by atoms with Crippen molar-refractivity contribution in [1.82, 2.24) is 0 Å². The van der Waals surface area contributed by atoms with Gasteiger partial charge in [-0.1, -0.05) is 25.1 Å². The highest BCUT2D eigenvalue weighted by molar-refractivity contribution is 7.85. The van der Waals surface area contributed by atoms with Crippen LogP contribution in [-0.2, 0) is 25.8 Å². The Hall–Kier alpha value is -1.95. The molecule has 0 fully saturated rings. The van der Waals surface area contributed by atoms with Crippen molar-refractivity contribution < 1.29 is 24.0 Å². The number of carboxylic acid groups (broad SMARTS) is 2. The number of carbonyl (C=O) groups is 2. The summed E-state index contributed by atoms with van der Waals surface area (Å²) in [6.07, 6.45) is 3.48. The van der Waals surface area contributed by atoms with Gasteiger partial charge in [-0.3, -0.25) is 13.8 Å².